The minimum absolute atomic E-state index is 0.145. The van der Waals surface area contributed by atoms with E-state index in [0.29, 0.717) is 24.5 Å². The summed E-state index contributed by atoms with van der Waals surface area (Å²) < 4.78 is 12.8. The van der Waals surface area contributed by atoms with Crippen molar-refractivity contribution in [3.8, 4) is 11.5 Å². The van der Waals surface area contributed by atoms with Gasteiger partial charge >= 0.3 is 0 Å². The normalized spacial score (nSPS) is 23.1. The van der Waals surface area contributed by atoms with Gasteiger partial charge in [-0.1, -0.05) is 30.3 Å². The highest BCUT2D eigenvalue weighted by atomic mass is 16.5. The first-order chi connectivity index (χ1) is 14.3. The number of ketones is 1. The van der Waals surface area contributed by atoms with Crippen molar-refractivity contribution >= 4 is 5.78 Å². The van der Waals surface area contributed by atoms with Gasteiger partial charge in [-0.05, 0) is 70.6 Å². The van der Waals surface area contributed by atoms with Crippen molar-refractivity contribution in [2.24, 2.45) is 5.92 Å². The van der Waals surface area contributed by atoms with Crippen LogP contribution in [0.2, 0.25) is 0 Å². The van der Waals surface area contributed by atoms with Crippen LogP contribution in [0.3, 0.4) is 0 Å². The highest BCUT2D eigenvalue weighted by Crippen LogP contribution is 2.52. The van der Waals surface area contributed by atoms with Crippen LogP contribution < -0.4 is 9.47 Å². The van der Waals surface area contributed by atoms with Gasteiger partial charge in [0.1, 0.15) is 22.9 Å². The molecular formula is C27H34O3. The van der Waals surface area contributed by atoms with Gasteiger partial charge < -0.3 is 9.47 Å². The SMILES string of the molecule is Cc1cc(OC(C)CCCc2ccccc2)cc2c1C1CC(=O)CCC1C(C)(C)O2. The Hall–Kier alpha value is -2.29. The highest BCUT2D eigenvalue weighted by Gasteiger charge is 2.47. The molecule has 0 N–H and O–H groups in total. The van der Waals surface area contributed by atoms with E-state index in [1.807, 2.05) is 6.07 Å². The number of Topliss-reactive ketones (excluding diaryl/α,β-unsaturated/α-hetero) is 1. The first-order valence-corrected chi connectivity index (χ1v) is 11.4. The molecule has 2 aliphatic rings. The van der Waals surface area contributed by atoms with Crippen LogP contribution >= 0.6 is 0 Å². The summed E-state index contributed by atoms with van der Waals surface area (Å²) >= 11 is 0. The molecule has 3 heteroatoms. The van der Waals surface area contributed by atoms with Gasteiger partial charge in [-0.15, -0.1) is 0 Å². The summed E-state index contributed by atoms with van der Waals surface area (Å²) in [5.41, 5.74) is 3.52. The molecule has 1 aliphatic carbocycles. The maximum atomic E-state index is 12.2. The molecule has 1 aliphatic heterocycles. The van der Waals surface area contributed by atoms with Crippen LogP contribution in [0.15, 0.2) is 42.5 Å². The Morgan fingerprint density at radius 1 is 1.20 bits per heavy atom. The van der Waals surface area contributed by atoms with E-state index in [-0.39, 0.29) is 17.6 Å². The summed E-state index contributed by atoms with van der Waals surface area (Å²) in [4.78, 5) is 12.2. The van der Waals surface area contributed by atoms with E-state index in [2.05, 4.69) is 64.1 Å². The van der Waals surface area contributed by atoms with Gasteiger partial charge in [0.2, 0.25) is 0 Å². The van der Waals surface area contributed by atoms with Gasteiger partial charge in [0.05, 0.1) is 6.10 Å². The standard InChI is InChI=1S/C27H34O3/c1-18-15-22(29-19(2)9-8-12-20-10-6-5-7-11-20)17-25-26(18)23-16-21(28)13-14-24(23)27(3,4)30-25/h5-7,10-11,15,17,19,23-24H,8-9,12-14,16H2,1-4H3. The minimum Gasteiger partial charge on any atom is -0.491 e. The second kappa shape index (κ2) is 8.45. The van der Waals surface area contributed by atoms with Crippen molar-refractivity contribution in [3.63, 3.8) is 0 Å². The van der Waals surface area contributed by atoms with Crippen LogP contribution in [-0.4, -0.2) is 17.5 Å². The van der Waals surface area contributed by atoms with Gasteiger partial charge in [0.15, 0.2) is 0 Å². The average molecular weight is 407 g/mol. The maximum Gasteiger partial charge on any atom is 0.133 e. The third-order valence-electron chi connectivity index (χ3n) is 6.88. The Kier molecular flexibility index (Phi) is 5.90. The van der Waals surface area contributed by atoms with Crippen LogP contribution in [-0.2, 0) is 11.2 Å². The molecule has 2 aromatic rings. The number of ether oxygens (including phenoxy) is 2. The van der Waals surface area contributed by atoms with Gasteiger partial charge in [-0.3, -0.25) is 4.79 Å². The predicted molar refractivity (Wildman–Crippen MR) is 120 cm³/mol. The highest BCUT2D eigenvalue weighted by molar-refractivity contribution is 5.81. The topological polar surface area (TPSA) is 35.5 Å². The van der Waals surface area contributed by atoms with Crippen LogP contribution in [0.5, 0.6) is 11.5 Å². The Balaban J connectivity index is 1.46. The molecule has 4 rings (SSSR count). The monoisotopic (exact) mass is 406 g/mol. The lowest BCUT2D eigenvalue weighted by Gasteiger charge is -2.47. The first-order valence-electron chi connectivity index (χ1n) is 11.4. The molecule has 0 bridgehead atoms. The zero-order valence-electron chi connectivity index (χ0n) is 18.7. The van der Waals surface area contributed by atoms with Crippen LogP contribution in [0.4, 0.5) is 0 Å². The third kappa shape index (κ3) is 4.40. The summed E-state index contributed by atoms with van der Waals surface area (Å²) in [5.74, 6) is 2.82. The molecule has 3 unspecified atom stereocenters. The van der Waals surface area contributed by atoms with Gasteiger partial charge in [-0.25, -0.2) is 0 Å². The van der Waals surface area contributed by atoms with Gasteiger partial charge in [0, 0.05) is 36.3 Å². The number of hydrogen-bond acceptors (Lipinski definition) is 3. The first kappa shape index (κ1) is 21.0. The molecule has 3 atom stereocenters. The number of benzene rings is 2. The number of aryl methyl sites for hydroxylation is 2. The van der Waals surface area contributed by atoms with Gasteiger partial charge in [0.25, 0.3) is 0 Å². The van der Waals surface area contributed by atoms with Crippen molar-refractivity contribution in [2.75, 3.05) is 0 Å². The smallest absolute Gasteiger partial charge is 0.133 e. The molecule has 3 nitrogen and oxygen atoms in total. The molecule has 1 heterocycles. The molecule has 2 aromatic carbocycles. The van der Waals surface area contributed by atoms with E-state index in [9.17, 15) is 4.79 Å². The summed E-state index contributed by atoms with van der Waals surface area (Å²) in [6, 6.07) is 14.8. The minimum atomic E-state index is -0.259. The fourth-order valence-corrected chi connectivity index (χ4v) is 5.39. The molecular weight excluding hydrogens is 372 g/mol. The lowest BCUT2D eigenvalue weighted by atomic mass is 9.66. The molecule has 0 saturated heterocycles. The second-order valence-corrected chi connectivity index (χ2v) is 9.66. The van der Waals surface area contributed by atoms with Crippen molar-refractivity contribution in [1.29, 1.82) is 0 Å². The lowest BCUT2D eigenvalue weighted by Crippen LogP contribution is -2.47. The third-order valence-corrected chi connectivity index (χ3v) is 6.88. The molecule has 160 valence electrons. The number of hydrogen-bond donors (Lipinski definition) is 0. The number of fused-ring (bicyclic) bond motifs is 3. The summed E-state index contributed by atoms with van der Waals surface area (Å²) in [7, 11) is 0. The molecule has 0 radical (unpaired) electrons. The van der Waals surface area contributed by atoms with Crippen molar-refractivity contribution < 1.29 is 14.3 Å². The van der Waals surface area contributed by atoms with E-state index in [4.69, 9.17) is 9.47 Å². The number of carbonyl (C=O) groups excluding carboxylic acids is 1. The van der Waals surface area contributed by atoms with Crippen molar-refractivity contribution in [1.82, 2.24) is 0 Å². The van der Waals surface area contributed by atoms with Crippen LogP contribution in [0.1, 0.15) is 75.5 Å². The Morgan fingerprint density at radius 2 is 1.97 bits per heavy atom. The number of carbonyl (C=O) groups is 1. The van der Waals surface area contributed by atoms with E-state index in [1.165, 1.54) is 16.7 Å². The van der Waals surface area contributed by atoms with Gasteiger partial charge in [-0.2, -0.15) is 0 Å². The van der Waals surface area contributed by atoms with E-state index in [0.717, 1.165) is 37.2 Å². The quantitative estimate of drug-likeness (QED) is 0.556. The summed E-state index contributed by atoms with van der Waals surface area (Å²) in [6.07, 6.45) is 5.58. The number of rotatable bonds is 6. The molecule has 0 aromatic heterocycles. The van der Waals surface area contributed by atoms with E-state index < -0.39 is 0 Å². The Morgan fingerprint density at radius 3 is 2.73 bits per heavy atom. The van der Waals surface area contributed by atoms with Crippen molar-refractivity contribution in [2.45, 2.75) is 83.8 Å². The Bertz CT molecular complexity index is 900. The Labute approximate surface area is 180 Å². The predicted octanol–water partition coefficient (Wildman–Crippen LogP) is 6.41. The van der Waals surface area contributed by atoms with Crippen molar-refractivity contribution in [3.05, 3.63) is 59.2 Å². The summed E-state index contributed by atoms with van der Waals surface area (Å²) in [6.45, 7) is 8.60. The zero-order chi connectivity index (χ0) is 21.3. The zero-order valence-corrected chi connectivity index (χ0v) is 18.7. The van der Waals surface area contributed by atoms with E-state index in [1.54, 1.807) is 0 Å². The fourth-order valence-electron chi connectivity index (χ4n) is 5.39. The van der Waals surface area contributed by atoms with Crippen LogP contribution in [0.25, 0.3) is 0 Å². The fraction of sp³-hybridized carbons (Fsp3) is 0.519. The van der Waals surface area contributed by atoms with E-state index >= 15 is 0 Å². The maximum absolute atomic E-state index is 12.2. The molecule has 0 amide bonds. The largest absolute Gasteiger partial charge is 0.491 e. The summed E-state index contributed by atoms with van der Waals surface area (Å²) in [5, 5.41) is 0. The molecule has 0 spiro atoms. The molecule has 1 saturated carbocycles. The molecule has 1 fully saturated rings. The second-order valence-electron chi connectivity index (χ2n) is 9.66. The lowest BCUT2D eigenvalue weighted by molar-refractivity contribution is -0.124. The average Bonchev–Trinajstić information content (AvgIpc) is 2.67. The van der Waals surface area contributed by atoms with Crippen LogP contribution in [0, 0.1) is 12.8 Å². The molecule has 30 heavy (non-hydrogen) atoms.